The second kappa shape index (κ2) is 7.32. The summed E-state index contributed by atoms with van der Waals surface area (Å²) >= 11 is 0. The molecule has 1 heterocycles. The molecular weight excluding hydrogens is 294 g/mol. The van der Waals surface area contributed by atoms with Crippen molar-refractivity contribution in [1.82, 2.24) is 10.2 Å². The Morgan fingerprint density at radius 1 is 1.45 bits per heavy atom. The Bertz CT molecular complexity index is 552. The van der Waals surface area contributed by atoms with E-state index in [0.717, 1.165) is 7.11 Å². The number of hydrogen-bond donors (Lipinski definition) is 1. The summed E-state index contributed by atoms with van der Waals surface area (Å²) in [6.07, 6.45) is -0.000463. The van der Waals surface area contributed by atoms with E-state index in [4.69, 9.17) is 10.3 Å². The molecule has 1 aliphatic rings. The highest BCUT2D eigenvalue weighted by Gasteiger charge is 2.42. The van der Waals surface area contributed by atoms with Crippen molar-refractivity contribution in [3.63, 3.8) is 0 Å². The summed E-state index contributed by atoms with van der Waals surface area (Å²) in [5.41, 5.74) is 8.65. The number of nitrogens with one attached hydrogen (secondary N) is 1. The van der Waals surface area contributed by atoms with Gasteiger partial charge in [0, 0.05) is 25.9 Å². The molecule has 2 amide bonds. The van der Waals surface area contributed by atoms with Gasteiger partial charge in [-0.1, -0.05) is 5.11 Å². The fourth-order valence-electron chi connectivity index (χ4n) is 1.92. The van der Waals surface area contributed by atoms with Crippen LogP contribution in [0.15, 0.2) is 16.9 Å². The number of amides is 2. The zero-order valence-corrected chi connectivity index (χ0v) is 12.6. The van der Waals surface area contributed by atoms with Crippen LogP contribution in [0.3, 0.4) is 0 Å². The van der Waals surface area contributed by atoms with Crippen molar-refractivity contribution in [3.8, 4) is 0 Å². The number of likely N-dealkylation sites (N-methyl/N-ethyl adjacent to an activating group) is 1. The van der Waals surface area contributed by atoms with E-state index in [1.165, 1.54) is 32.0 Å². The summed E-state index contributed by atoms with van der Waals surface area (Å²) in [4.78, 5) is 39.1. The van der Waals surface area contributed by atoms with Crippen molar-refractivity contribution in [2.75, 3.05) is 21.2 Å². The average molecular weight is 311 g/mol. The van der Waals surface area contributed by atoms with Gasteiger partial charge in [-0.05, 0) is 11.6 Å². The first-order valence-corrected chi connectivity index (χ1v) is 6.31. The SMILES string of the molecule is COC(=O)C1=C[C@H](N=[N+]=[N-])[C@@H](NC(C)=O)[C@H](C(=O)N(C)C)O1. The zero-order chi connectivity index (χ0) is 16.9. The van der Waals surface area contributed by atoms with Crippen LogP contribution in [0, 0.1) is 0 Å². The predicted molar refractivity (Wildman–Crippen MR) is 74.2 cm³/mol. The molecule has 0 saturated carbocycles. The van der Waals surface area contributed by atoms with Gasteiger partial charge in [0.25, 0.3) is 5.91 Å². The van der Waals surface area contributed by atoms with Gasteiger partial charge in [-0.15, -0.1) is 0 Å². The number of carbonyl (C=O) groups excluding carboxylic acids is 3. The third kappa shape index (κ3) is 3.89. The van der Waals surface area contributed by atoms with E-state index in [-0.39, 0.29) is 5.76 Å². The van der Waals surface area contributed by atoms with Crippen molar-refractivity contribution in [3.05, 3.63) is 22.3 Å². The average Bonchev–Trinajstić information content (AvgIpc) is 2.46. The first-order chi connectivity index (χ1) is 10.3. The van der Waals surface area contributed by atoms with Crippen LogP contribution < -0.4 is 5.32 Å². The molecule has 0 saturated heterocycles. The van der Waals surface area contributed by atoms with Crippen LogP contribution in [0.2, 0.25) is 0 Å². The highest BCUT2D eigenvalue weighted by molar-refractivity contribution is 5.89. The molecule has 0 unspecified atom stereocenters. The monoisotopic (exact) mass is 311 g/mol. The second-order valence-electron chi connectivity index (χ2n) is 4.72. The van der Waals surface area contributed by atoms with Crippen LogP contribution in [-0.2, 0) is 23.9 Å². The van der Waals surface area contributed by atoms with E-state index in [2.05, 4.69) is 20.1 Å². The number of esters is 1. The summed E-state index contributed by atoms with van der Waals surface area (Å²) in [6, 6.07) is -1.90. The van der Waals surface area contributed by atoms with E-state index in [0.29, 0.717) is 0 Å². The van der Waals surface area contributed by atoms with Gasteiger partial charge in [0.2, 0.25) is 11.7 Å². The minimum Gasteiger partial charge on any atom is -0.471 e. The maximum absolute atomic E-state index is 12.2. The molecule has 1 rings (SSSR count). The highest BCUT2D eigenvalue weighted by atomic mass is 16.6. The van der Waals surface area contributed by atoms with Crippen molar-refractivity contribution in [2.24, 2.45) is 5.11 Å². The minimum absolute atomic E-state index is 0.248. The summed E-state index contributed by atoms with van der Waals surface area (Å²) < 4.78 is 9.89. The number of azide groups is 1. The molecule has 1 aliphatic heterocycles. The lowest BCUT2D eigenvalue weighted by Gasteiger charge is -2.35. The summed E-state index contributed by atoms with van der Waals surface area (Å²) in [5, 5.41) is 6.01. The molecule has 10 nitrogen and oxygen atoms in total. The third-order valence-corrected chi connectivity index (χ3v) is 2.90. The van der Waals surface area contributed by atoms with Crippen LogP contribution in [0.5, 0.6) is 0 Å². The first-order valence-electron chi connectivity index (χ1n) is 6.31. The second-order valence-corrected chi connectivity index (χ2v) is 4.72. The molecule has 0 fully saturated rings. The Morgan fingerprint density at radius 3 is 2.55 bits per heavy atom. The molecule has 0 spiro atoms. The third-order valence-electron chi connectivity index (χ3n) is 2.90. The summed E-state index contributed by atoms with van der Waals surface area (Å²) in [6.45, 7) is 1.25. The van der Waals surface area contributed by atoms with Crippen LogP contribution in [-0.4, -0.2) is 62.1 Å². The van der Waals surface area contributed by atoms with Crippen LogP contribution in [0.25, 0.3) is 10.4 Å². The molecule has 1 N–H and O–H groups in total. The maximum atomic E-state index is 12.2. The number of methoxy groups -OCH3 is 1. The van der Waals surface area contributed by atoms with Gasteiger partial charge in [0.15, 0.2) is 6.10 Å². The van der Waals surface area contributed by atoms with Crippen molar-refractivity contribution in [2.45, 2.75) is 25.1 Å². The van der Waals surface area contributed by atoms with E-state index < -0.39 is 36.0 Å². The molecule has 0 bridgehead atoms. The number of ether oxygens (including phenoxy) is 2. The number of nitrogens with zero attached hydrogens (tertiary/aromatic N) is 4. The van der Waals surface area contributed by atoms with Crippen LogP contribution >= 0.6 is 0 Å². The fraction of sp³-hybridized carbons (Fsp3) is 0.583. The lowest BCUT2D eigenvalue weighted by Crippen LogP contribution is -2.57. The topological polar surface area (TPSA) is 134 Å². The predicted octanol–water partition coefficient (Wildman–Crippen LogP) is -0.286. The smallest absolute Gasteiger partial charge is 0.373 e. The zero-order valence-electron chi connectivity index (χ0n) is 12.6. The number of carbonyl (C=O) groups is 3. The molecule has 0 aromatic heterocycles. The van der Waals surface area contributed by atoms with E-state index in [9.17, 15) is 14.4 Å². The Hall–Kier alpha value is -2.74. The van der Waals surface area contributed by atoms with E-state index >= 15 is 0 Å². The largest absolute Gasteiger partial charge is 0.471 e. The Labute approximate surface area is 126 Å². The highest BCUT2D eigenvalue weighted by Crippen LogP contribution is 2.23. The standard InChI is InChI=1S/C12H17N5O5/c1-6(18)14-9-7(15-16-13)5-8(12(20)21-4)22-10(9)11(19)17(2)3/h5,7,9-10H,1-4H3,(H,14,18)/t7-,9+,10+/m0/s1. The van der Waals surface area contributed by atoms with Gasteiger partial charge < -0.3 is 19.7 Å². The van der Waals surface area contributed by atoms with Gasteiger partial charge in [0.1, 0.15) is 0 Å². The Morgan fingerprint density at radius 2 is 2.09 bits per heavy atom. The lowest BCUT2D eigenvalue weighted by atomic mass is 9.97. The first kappa shape index (κ1) is 17.3. The van der Waals surface area contributed by atoms with Crippen molar-refractivity contribution < 1.29 is 23.9 Å². The molecule has 3 atom stereocenters. The molecule has 0 aromatic rings. The van der Waals surface area contributed by atoms with Crippen LogP contribution in [0.4, 0.5) is 0 Å². The van der Waals surface area contributed by atoms with Gasteiger partial charge in [-0.3, -0.25) is 9.59 Å². The summed E-state index contributed by atoms with van der Waals surface area (Å²) in [5.74, 6) is -1.98. The Balaban J connectivity index is 3.28. The van der Waals surface area contributed by atoms with Gasteiger partial charge >= 0.3 is 5.97 Å². The van der Waals surface area contributed by atoms with E-state index in [1.807, 2.05) is 0 Å². The van der Waals surface area contributed by atoms with Crippen molar-refractivity contribution in [1.29, 1.82) is 0 Å². The quantitative estimate of drug-likeness (QED) is 0.329. The molecule has 0 radical (unpaired) electrons. The van der Waals surface area contributed by atoms with Gasteiger partial charge in [0.05, 0.1) is 19.2 Å². The lowest BCUT2D eigenvalue weighted by molar-refractivity contribution is -0.149. The van der Waals surface area contributed by atoms with Crippen LogP contribution in [0.1, 0.15) is 6.92 Å². The molecule has 0 aliphatic carbocycles. The van der Waals surface area contributed by atoms with E-state index in [1.54, 1.807) is 0 Å². The molecule has 22 heavy (non-hydrogen) atoms. The van der Waals surface area contributed by atoms with Crippen molar-refractivity contribution >= 4 is 17.8 Å². The fourth-order valence-corrected chi connectivity index (χ4v) is 1.92. The number of hydrogen-bond acceptors (Lipinski definition) is 6. The maximum Gasteiger partial charge on any atom is 0.373 e. The normalized spacial score (nSPS) is 23.3. The van der Waals surface area contributed by atoms with Gasteiger partial charge in [-0.2, -0.15) is 0 Å². The molecular formula is C12H17N5O5. The molecule has 0 aromatic carbocycles. The molecule has 120 valence electrons. The minimum atomic E-state index is -1.21. The Kier molecular flexibility index (Phi) is 5.76. The van der Waals surface area contributed by atoms with Gasteiger partial charge in [-0.25, -0.2) is 4.79 Å². The number of rotatable bonds is 4. The summed E-state index contributed by atoms with van der Waals surface area (Å²) in [7, 11) is 4.14. The molecule has 10 heteroatoms.